The number of benzene rings is 2. The van der Waals surface area contributed by atoms with Gasteiger partial charge < -0.3 is 4.90 Å². The first-order chi connectivity index (χ1) is 21.1. The van der Waals surface area contributed by atoms with Gasteiger partial charge in [0.1, 0.15) is 0 Å². The summed E-state index contributed by atoms with van der Waals surface area (Å²) in [5.74, 6) is -1.24. The van der Waals surface area contributed by atoms with Crippen LogP contribution in [-0.4, -0.2) is 48.0 Å². The summed E-state index contributed by atoms with van der Waals surface area (Å²) in [5, 5.41) is 3.96. The number of hydrogen-bond acceptors (Lipinski definition) is 7. The molecule has 45 heavy (non-hydrogen) atoms. The van der Waals surface area contributed by atoms with E-state index in [0.717, 1.165) is 32.0 Å². The van der Waals surface area contributed by atoms with Crippen LogP contribution in [0.4, 0.5) is 11.4 Å². The Bertz CT molecular complexity index is 2110. The number of thiophene rings is 2. The molecule has 0 amide bonds. The van der Waals surface area contributed by atoms with Gasteiger partial charge >= 0.3 is 10.1 Å². The van der Waals surface area contributed by atoms with Crippen LogP contribution < -0.4 is 4.90 Å². The van der Waals surface area contributed by atoms with Crippen molar-refractivity contribution in [3.05, 3.63) is 106 Å². The van der Waals surface area contributed by atoms with Crippen LogP contribution in [0.1, 0.15) is 38.8 Å². The third-order valence-electron chi connectivity index (χ3n) is 8.49. The number of nitrogens with zero attached hydrogens (tertiary/aromatic N) is 2. The summed E-state index contributed by atoms with van der Waals surface area (Å²) in [7, 11) is -8.78. The number of fused-ring (bicyclic) bond motifs is 2. The molecule has 6 rings (SSSR count). The Morgan fingerprint density at radius 1 is 0.800 bits per heavy atom. The van der Waals surface area contributed by atoms with Crippen LogP contribution in [0.3, 0.4) is 0 Å². The normalized spacial score (nSPS) is 18.3. The van der Waals surface area contributed by atoms with Gasteiger partial charge in [0.15, 0.2) is 11.6 Å². The van der Waals surface area contributed by atoms with E-state index in [4.69, 9.17) is 0 Å². The minimum Gasteiger partial charge on any atom is -0.327 e. The first kappa shape index (κ1) is 31.6. The van der Waals surface area contributed by atoms with Gasteiger partial charge in [0.2, 0.25) is 5.69 Å². The van der Waals surface area contributed by atoms with Crippen molar-refractivity contribution >= 4 is 60.0 Å². The molecular formula is C33H33N2O6S4+. The molecule has 2 aromatic carbocycles. The van der Waals surface area contributed by atoms with Gasteiger partial charge in [-0.2, -0.15) is 21.4 Å². The van der Waals surface area contributed by atoms with Crippen molar-refractivity contribution in [2.45, 2.75) is 38.5 Å². The Hall–Kier alpha value is -3.39. The number of anilines is 1. The average Bonchev–Trinajstić information content (AvgIpc) is 3.73. The zero-order valence-electron chi connectivity index (χ0n) is 25.1. The molecule has 2 aromatic heterocycles. The maximum absolute atomic E-state index is 12.2. The molecule has 2 aliphatic heterocycles. The molecule has 0 fully saturated rings. The van der Waals surface area contributed by atoms with Crippen LogP contribution >= 0.6 is 22.7 Å². The van der Waals surface area contributed by atoms with E-state index in [2.05, 4.69) is 0 Å². The van der Waals surface area contributed by atoms with E-state index < -0.39 is 42.8 Å². The van der Waals surface area contributed by atoms with Gasteiger partial charge in [-0.05, 0) is 65.6 Å². The zero-order valence-corrected chi connectivity index (χ0v) is 28.4. The molecule has 0 unspecified atom stereocenters. The summed E-state index contributed by atoms with van der Waals surface area (Å²) in [6, 6.07) is 19.8. The zero-order chi connectivity index (χ0) is 32.4. The van der Waals surface area contributed by atoms with E-state index in [-0.39, 0.29) is 0 Å². The van der Waals surface area contributed by atoms with E-state index in [1.807, 2.05) is 111 Å². The third-order valence-corrected chi connectivity index (χ3v) is 11.5. The van der Waals surface area contributed by atoms with Gasteiger partial charge in [-0.1, -0.05) is 56.3 Å². The van der Waals surface area contributed by atoms with Crippen LogP contribution in [0, 0.1) is 0 Å². The molecular weight excluding hydrogens is 649 g/mol. The van der Waals surface area contributed by atoms with Gasteiger partial charge in [0.05, 0.1) is 5.41 Å². The Kier molecular flexibility index (Phi) is 7.82. The van der Waals surface area contributed by atoms with Crippen molar-refractivity contribution in [1.29, 1.82) is 0 Å². The minimum absolute atomic E-state index is 0.610. The maximum Gasteiger partial charge on any atom is 0.326 e. The van der Waals surface area contributed by atoms with Crippen molar-refractivity contribution in [3.63, 3.8) is 0 Å². The van der Waals surface area contributed by atoms with Gasteiger partial charge in [-0.25, -0.2) is 0 Å². The lowest BCUT2D eigenvalue weighted by atomic mass is 9.81. The summed E-state index contributed by atoms with van der Waals surface area (Å²) in [6.45, 7) is 8.00. The lowest BCUT2D eigenvalue weighted by Gasteiger charge is -2.25. The lowest BCUT2D eigenvalue weighted by Crippen LogP contribution is -2.31. The largest absolute Gasteiger partial charge is 0.327 e. The standard InChI is InChI=1S/C33H32N2O6S4/c1-32(2)24-14-12-22(28-8-6-16-42-28)18-26(24)34(20-44(36,37)38)30(32)10-5-11-31-33(3,4)25-15-13-23(29-9-7-17-43-29)19-27(25)35(31)21-45(39,40)41/h5-19H,20-21H2,1-4H3,(H-,36,37,38,39,40,41)/p+1. The predicted molar refractivity (Wildman–Crippen MR) is 183 cm³/mol. The van der Waals surface area contributed by atoms with Crippen LogP contribution in [-0.2, 0) is 31.1 Å². The molecule has 0 bridgehead atoms. The first-order valence-corrected chi connectivity index (χ1v) is 19.1. The van der Waals surface area contributed by atoms with Crippen molar-refractivity contribution in [2.75, 3.05) is 16.7 Å². The molecule has 0 spiro atoms. The Morgan fingerprint density at radius 3 is 1.96 bits per heavy atom. The summed E-state index contributed by atoms with van der Waals surface area (Å²) < 4.78 is 70.4. The predicted octanol–water partition coefficient (Wildman–Crippen LogP) is 7.45. The van der Waals surface area contributed by atoms with E-state index >= 15 is 0 Å². The third kappa shape index (κ3) is 5.98. The van der Waals surface area contributed by atoms with Gasteiger partial charge in [-0.3, -0.25) is 9.11 Å². The summed E-state index contributed by atoms with van der Waals surface area (Å²) in [5.41, 5.74) is 5.21. The van der Waals surface area contributed by atoms with E-state index in [0.29, 0.717) is 22.8 Å². The highest BCUT2D eigenvalue weighted by Crippen LogP contribution is 2.49. The monoisotopic (exact) mass is 681 g/mol. The van der Waals surface area contributed by atoms with E-state index in [1.165, 1.54) is 0 Å². The van der Waals surface area contributed by atoms with Gasteiger partial charge in [0, 0.05) is 44.3 Å². The molecule has 0 aliphatic carbocycles. The highest BCUT2D eigenvalue weighted by Gasteiger charge is 2.46. The Labute approximate surface area is 271 Å². The molecule has 0 saturated carbocycles. The van der Waals surface area contributed by atoms with E-state index in [9.17, 15) is 25.9 Å². The molecule has 2 aliphatic rings. The highest BCUT2D eigenvalue weighted by atomic mass is 32.2. The van der Waals surface area contributed by atoms with E-state index in [1.54, 1.807) is 38.2 Å². The summed E-state index contributed by atoms with van der Waals surface area (Å²) >= 11 is 3.17. The maximum atomic E-state index is 12.2. The highest BCUT2D eigenvalue weighted by molar-refractivity contribution is 7.86. The molecule has 0 saturated heterocycles. The summed E-state index contributed by atoms with van der Waals surface area (Å²) in [6.07, 6.45) is 5.40. The molecule has 4 aromatic rings. The minimum atomic E-state index is -4.39. The second kappa shape index (κ2) is 11.1. The molecule has 2 N–H and O–H groups in total. The molecule has 8 nitrogen and oxygen atoms in total. The second-order valence-electron chi connectivity index (χ2n) is 12.2. The van der Waals surface area contributed by atoms with Crippen molar-refractivity contribution in [2.24, 2.45) is 0 Å². The fraction of sp³-hybridized carbons (Fsp3) is 0.242. The van der Waals surface area contributed by atoms with Crippen molar-refractivity contribution in [1.82, 2.24) is 0 Å². The summed E-state index contributed by atoms with van der Waals surface area (Å²) in [4.78, 5) is 3.70. The van der Waals surface area contributed by atoms with Gasteiger partial charge in [0.25, 0.3) is 16.0 Å². The number of hydrogen-bond donors (Lipinski definition) is 2. The molecule has 0 radical (unpaired) electrons. The number of allylic oxidation sites excluding steroid dienone is 4. The van der Waals surface area contributed by atoms with Crippen LogP contribution in [0.2, 0.25) is 0 Å². The quantitative estimate of drug-likeness (QED) is 0.147. The Morgan fingerprint density at radius 2 is 1.40 bits per heavy atom. The molecule has 234 valence electrons. The lowest BCUT2D eigenvalue weighted by molar-refractivity contribution is -0.415. The molecule has 12 heteroatoms. The fourth-order valence-corrected chi connectivity index (χ4v) is 9.06. The van der Waals surface area contributed by atoms with Crippen LogP contribution in [0.15, 0.2) is 95.3 Å². The van der Waals surface area contributed by atoms with Crippen LogP contribution in [0.25, 0.3) is 20.9 Å². The molecule has 0 atom stereocenters. The molecule has 4 heterocycles. The van der Waals surface area contributed by atoms with Crippen molar-refractivity contribution in [3.8, 4) is 20.9 Å². The second-order valence-corrected chi connectivity index (χ2v) is 17.0. The van der Waals surface area contributed by atoms with Crippen molar-refractivity contribution < 1.29 is 30.5 Å². The fourth-order valence-electron chi connectivity index (χ4n) is 6.40. The van der Waals surface area contributed by atoms with Crippen LogP contribution in [0.5, 0.6) is 0 Å². The average molecular weight is 682 g/mol. The first-order valence-electron chi connectivity index (χ1n) is 14.1. The SMILES string of the molecule is CC1(C)C(=CC=CC2=[N+](CS(=O)(=O)O)c3cc(-c4cccs4)ccc3C2(C)C)N(CS(=O)(=O)O)c2cc(-c3cccs3)ccc21. The number of rotatable bonds is 8. The van der Waals surface area contributed by atoms with Gasteiger partial charge in [-0.15, -0.1) is 22.7 Å². The Balaban J connectivity index is 1.46. The topological polar surface area (TPSA) is 115 Å². The smallest absolute Gasteiger partial charge is 0.326 e.